The second kappa shape index (κ2) is 4.52. The van der Waals surface area contributed by atoms with Crippen LogP contribution in [-0.4, -0.2) is 23.3 Å². The number of fused-ring (bicyclic) bond motifs is 1. The van der Waals surface area contributed by atoms with E-state index in [2.05, 4.69) is 10.3 Å². The number of nitrogens with two attached hydrogens (primary N) is 1. The van der Waals surface area contributed by atoms with Gasteiger partial charge >= 0.3 is 0 Å². The van der Waals surface area contributed by atoms with Crippen molar-refractivity contribution in [3.05, 3.63) is 35.0 Å². The van der Waals surface area contributed by atoms with Gasteiger partial charge in [0.1, 0.15) is 0 Å². The fourth-order valence-corrected chi connectivity index (χ4v) is 1.87. The zero-order valence-corrected chi connectivity index (χ0v) is 10.3. The van der Waals surface area contributed by atoms with Crippen LogP contribution in [0.15, 0.2) is 18.2 Å². The zero-order chi connectivity index (χ0) is 13.3. The molecule has 2 amide bonds. The van der Waals surface area contributed by atoms with Crippen LogP contribution < -0.4 is 11.1 Å². The first kappa shape index (κ1) is 12.2. The van der Waals surface area contributed by atoms with E-state index in [1.165, 1.54) is 0 Å². The minimum absolute atomic E-state index is 0.151. The van der Waals surface area contributed by atoms with Crippen molar-refractivity contribution >= 4 is 22.7 Å². The molecular formula is C13H15N3O2. The largest absolute Gasteiger partial charge is 0.368 e. The summed E-state index contributed by atoms with van der Waals surface area (Å²) < 4.78 is 0. The standard InChI is InChI=1S/C13H15N3O2/c1-7-8(2)16-11-4-3-9(5-10(7)11)13(18)15-6-12(14)17/h3-5,16H,6H2,1-2H3,(H2,14,17)(H,15,18). The van der Waals surface area contributed by atoms with Crippen LogP contribution in [0.25, 0.3) is 10.9 Å². The van der Waals surface area contributed by atoms with Crippen molar-refractivity contribution < 1.29 is 9.59 Å². The van der Waals surface area contributed by atoms with Crippen LogP contribution in [0, 0.1) is 13.8 Å². The van der Waals surface area contributed by atoms with E-state index in [0.717, 1.165) is 22.2 Å². The molecule has 0 saturated heterocycles. The molecule has 0 fully saturated rings. The Kier molecular flexibility index (Phi) is 3.06. The monoisotopic (exact) mass is 245 g/mol. The number of primary amides is 1. The van der Waals surface area contributed by atoms with Crippen molar-refractivity contribution in [1.29, 1.82) is 0 Å². The van der Waals surface area contributed by atoms with Crippen LogP contribution in [0.5, 0.6) is 0 Å². The van der Waals surface area contributed by atoms with Gasteiger partial charge < -0.3 is 16.0 Å². The molecule has 0 bridgehead atoms. The Balaban J connectivity index is 2.32. The first-order chi connectivity index (χ1) is 8.49. The number of carbonyl (C=O) groups is 2. The Morgan fingerprint density at radius 3 is 2.72 bits per heavy atom. The van der Waals surface area contributed by atoms with Gasteiger partial charge in [-0.15, -0.1) is 0 Å². The zero-order valence-electron chi connectivity index (χ0n) is 10.3. The normalized spacial score (nSPS) is 10.6. The van der Waals surface area contributed by atoms with Crippen molar-refractivity contribution in [3.8, 4) is 0 Å². The van der Waals surface area contributed by atoms with Crippen molar-refractivity contribution in [2.75, 3.05) is 6.54 Å². The van der Waals surface area contributed by atoms with E-state index in [-0.39, 0.29) is 12.5 Å². The van der Waals surface area contributed by atoms with Gasteiger partial charge in [0.15, 0.2) is 0 Å². The van der Waals surface area contributed by atoms with Crippen LogP contribution in [0.4, 0.5) is 0 Å². The maximum Gasteiger partial charge on any atom is 0.251 e. The Morgan fingerprint density at radius 1 is 1.33 bits per heavy atom. The van der Waals surface area contributed by atoms with Gasteiger partial charge in [-0.3, -0.25) is 9.59 Å². The van der Waals surface area contributed by atoms with Gasteiger partial charge in [-0.1, -0.05) is 0 Å². The summed E-state index contributed by atoms with van der Waals surface area (Å²) in [5.41, 5.74) is 8.70. The topological polar surface area (TPSA) is 88.0 Å². The predicted octanol–water partition coefficient (Wildman–Crippen LogP) is 1.000. The molecule has 0 atom stereocenters. The molecule has 18 heavy (non-hydrogen) atoms. The van der Waals surface area contributed by atoms with Gasteiger partial charge in [-0.2, -0.15) is 0 Å². The third-order valence-electron chi connectivity index (χ3n) is 2.99. The third kappa shape index (κ3) is 2.20. The third-order valence-corrected chi connectivity index (χ3v) is 2.99. The lowest BCUT2D eigenvalue weighted by atomic mass is 10.1. The fourth-order valence-electron chi connectivity index (χ4n) is 1.87. The lowest BCUT2D eigenvalue weighted by molar-refractivity contribution is -0.117. The summed E-state index contributed by atoms with van der Waals surface area (Å²) in [7, 11) is 0. The Labute approximate surface area is 104 Å². The number of amides is 2. The number of aryl methyl sites for hydroxylation is 2. The quantitative estimate of drug-likeness (QED) is 0.753. The van der Waals surface area contributed by atoms with Crippen LogP contribution in [-0.2, 0) is 4.79 Å². The average Bonchev–Trinajstić information content (AvgIpc) is 2.62. The molecule has 1 aromatic heterocycles. The van der Waals surface area contributed by atoms with E-state index in [4.69, 9.17) is 5.73 Å². The van der Waals surface area contributed by atoms with Crippen molar-refractivity contribution in [2.45, 2.75) is 13.8 Å². The van der Waals surface area contributed by atoms with E-state index >= 15 is 0 Å². The number of aromatic nitrogens is 1. The molecule has 94 valence electrons. The van der Waals surface area contributed by atoms with Gasteiger partial charge in [-0.25, -0.2) is 0 Å². The number of hydrogen-bond donors (Lipinski definition) is 3. The summed E-state index contributed by atoms with van der Waals surface area (Å²) in [5.74, 6) is -0.855. The predicted molar refractivity (Wildman–Crippen MR) is 69.3 cm³/mol. The Bertz CT molecular complexity index is 628. The Hall–Kier alpha value is -2.30. The molecule has 1 heterocycles. The van der Waals surface area contributed by atoms with E-state index < -0.39 is 5.91 Å². The highest BCUT2D eigenvalue weighted by molar-refractivity contribution is 6.00. The second-order valence-electron chi connectivity index (χ2n) is 4.28. The summed E-state index contributed by atoms with van der Waals surface area (Å²) in [6, 6.07) is 5.38. The number of hydrogen-bond acceptors (Lipinski definition) is 2. The van der Waals surface area contributed by atoms with Crippen molar-refractivity contribution in [1.82, 2.24) is 10.3 Å². The summed E-state index contributed by atoms with van der Waals surface area (Å²) in [6.45, 7) is 3.84. The summed E-state index contributed by atoms with van der Waals surface area (Å²) in [6.07, 6.45) is 0. The molecule has 0 spiro atoms. The molecule has 0 saturated carbocycles. The number of aromatic amines is 1. The van der Waals surface area contributed by atoms with E-state index in [9.17, 15) is 9.59 Å². The maximum atomic E-state index is 11.8. The second-order valence-corrected chi connectivity index (χ2v) is 4.28. The highest BCUT2D eigenvalue weighted by Crippen LogP contribution is 2.22. The number of benzene rings is 1. The van der Waals surface area contributed by atoms with Gasteiger partial charge in [0.2, 0.25) is 5.91 Å². The fraction of sp³-hybridized carbons (Fsp3) is 0.231. The minimum Gasteiger partial charge on any atom is -0.368 e. The maximum absolute atomic E-state index is 11.8. The van der Waals surface area contributed by atoms with Crippen LogP contribution in [0.2, 0.25) is 0 Å². The van der Waals surface area contributed by atoms with Crippen LogP contribution >= 0.6 is 0 Å². The molecule has 1 aromatic carbocycles. The highest BCUT2D eigenvalue weighted by atomic mass is 16.2. The van der Waals surface area contributed by atoms with Gasteiger partial charge in [-0.05, 0) is 37.6 Å². The molecule has 2 rings (SSSR count). The molecule has 5 nitrogen and oxygen atoms in total. The molecule has 5 heteroatoms. The molecule has 0 unspecified atom stereocenters. The molecule has 0 aliphatic heterocycles. The number of nitrogens with one attached hydrogen (secondary N) is 2. The van der Waals surface area contributed by atoms with Gasteiger partial charge in [0.05, 0.1) is 6.54 Å². The summed E-state index contributed by atoms with van der Waals surface area (Å²) >= 11 is 0. The SMILES string of the molecule is Cc1[nH]c2ccc(C(=O)NCC(N)=O)cc2c1C. The average molecular weight is 245 g/mol. The van der Waals surface area contributed by atoms with Crippen LogP contribution in [0.1, 0.15) is 21.6 Å². The summed E-state index contributed by atoms with van der Waals surface area (Å²) in [5, 5.41) is 3.48. The first-order valence-corrected chi connectivity index (χ1v) is 5.64. The van der Waals surface area contributed by atoms with E-state index in [1.54, 1.807) is 6.07 Å². The lowest BCUT2D eigenvalue weighted by Crippen LogP contribution is -2.33. The number of H-pyrrole nitrogens is 1. The summed E-state index contributed by atoms with van der Waals surface area (Å²) in [4.78, 5) is 25.6. The molecule has 0 aliphatic carbocycles. The molecule has 4 N–H and O–H groups in total. The van der Waals surface area contributed by atoms with Gasteiger partial charge in [0.25, 0.3) is 5.91 Å². The number of rotatable bonds is 3. The molecule has 2 aromatic rings. The minimum atomic E-state index is -0.557. The van der Waals surface area contributed by atoms with Crippen molar-refractivity contribution in [3.63, 3.8) is 0 Å². The molecule has 0 aliphatic rings. The van der Waals surface area contributed by atoms with E-state index in [0.29, 0.717) is 5.56 Å². The van der Waals surface area contributed by atoms with Crippen molar-refractivity contribution in [2.24, 2.45) is 5.73 Å². The lowest BCUT2D eigenvalue weighted by Gasteiger charge is -2.03. The molecule has 0 radical (unpaired) electrons. The smallest absolute Gasteiger partial charge is 0.251 e. The van der Waals surface area contributed by atoms with E-state index in [1.807, 2.05) is 26.0 Å². The Morgan fingerprint density at radius 2 is 2.06 bits per heavy atom. The number of carbonyl (C=O) groups excluding carboxylic acids is 2. The van der Waals surface area contributed by atoms with Crippen LogP contribution in [0.3, 0.4) is 0 Å². The first-order valence-electron chi connectivity index (χ1n) is 5.64. The van der Waals surface area contributed by atoms with Gasteiger partial charge in [0, 0.05) is 22.2 Å². The molecular weight excluding hydrogens is 230 g/mol. The highest BCUT2D eigenvalue weighted by Gasteiger charge is 2.10.